The van der Waals surface area contributed by atoms with E-state index in [0.717, 1.165) is 17.0 Å². The molecule has 3 aromatic rings. The summed E-state index contributed by atoms with van der Waals surface area (Å²) in [7, 11) is 0.191. The van der Waals surface area contributed by atoms with Gasteiger partial charge >= 0.3 is 0 Å². The molecule has 174 valence electrons. The number of nitrogens with zero attached hydrogens (tertiary/aromatic N) is 4. The molecule has 1 aliphatic rings. The molecule has 8 nitrogen and oxygen atoms in total. The molecule has 11 heteroatoms. The number of carbonyl (C=O) groups is 1. The highest BCUT2D eigenvalue weighted by molar-refractivity contribution is 7.99. The van der Waals surface area contributed by atoms with Crippen LogP contribution in [0.5, 0.6) is 5.75 Å². The molecular weight excluding hydrogens is 484 g/mol. The van der Waals surface area contributed by atoms with Crippen LogP contribution in [-0.2, 0) is 14.6 Å². The molecule has 1 aliphatic heterocycles. The van der Waals surface area contributed by atoms with Crippen LogP contribution in [0.2, 0.25) is 5.02 Å². The number of amides is 1. The Hall–Kier alpha value is -2.56. The van der Waals surface area contributed by atoms with Crippen LogP contribution in [-0.4, -0.2) is 71.4 Å². The molecule has 0 bridgehead atoms. The second kappa shape index (κ2) is 9.74. The highest BCUT2D eigenvalue weighted by Crippen LogP contribution is 2.30. The average Bonchev–Trinajstić information content (AvgIpc) is 3.40. The summed E-state index contributed by atoms with van der Waals surface area (Å²) >= 11 is 7.30. The molecule has 0 aliphatic carbocycles. The fraction of sp³-hybridized carbons (Fsp3) is 0.318. The molecule has 1 saturated heterocycles. The lowest BCUT2D eigenvalue weighted by atomic mass is 10.2. The van der Waals surface area contributed by atoms with Crippen molar-refractivity contribution in [3.63, 3.8) is 0 Å². The Labute approximate surface area is 201 Å². The van der Waals surface area contributed by atoms with Crippen LogP contribution >= 0.6 is 23.4 Å². The molecule has 0 saturated carbocycles. The summed E-state index contributed by atoms with van der Waals surface area (Å²) in [6, 6.07) is 14.5. The van der Waals surface area contributed by atoms with Gasteiger partial charge in [-0.15, -0.1) is 10.2 Å². The highest BCUT2D eigenvalue weighted by atomic mass is 35.5. The molecule has 33 heavy (non-hydrogen) atoms. The predicted molar refractivity (Wildman–Crippen MR) is 129 cm³/mol. The van der Waals surface area contributed by atoms with E-state index in [1.165, 1.54) is 16.7 Å². The molecule has 0 N–H and O–H groups in total. The number of aromatic nitrogens is 3. The second-order valence-electron chi connectivity index (χ2n) is 7.70. The number of benzene rings is 2. The number of hydrogen-bond acceptors (Lipinski definition) is 7. The SMILES string of the molecule is COc1ccc(-n2c(SCC(=O)N(C)C3CCS(=O)(=O)C3)nnc2-c2ccc(Cl)cc2)cc1. The number of hydrogen-bond donors (Lipinski definition) is 0. The molecule has 2 heterocycles. The van der Waals surface area contributed by atoms with Gasteiger partial charge in [0, 0.05) is 29.4 Å². The van der Waals surface area contributed by atoms with E-state index in [1.54, 1.807) is 26.3 Å². The maximum Gasteiger partial charge on any atom is 0.233 e. The van der Waals surface area contributed by atoms with Gasteiger partial charge in [-0.05, 0) is 55.0 Å². The van der Waals surface area contributed by atoms with Crippen molar-refractivity contribution >= 4 is 39.1 Å². The molecular formula is C22H23ClN4O4S2. The topological polar surface area (TPSA) is 94.4 Å². The first-order valence-electron chi connectivity index (χ1n) is 10.2. The van der Waals surface area contributed by atoms with E-state index in [9.17, 15) is 13.2 Å². The summed E-state index contributed by atoms with van der Waals surface area (Å²) in [5.74, 6) is 1.43. The van der Waals surface area contributed by atoms with Crippen molar-refractivity contribution in [1.29, 1.82) is 0 Å². The van der Waals surface area contributed by atoms with Crippen molar-refractivity contribution in [1.82, 2.24) is 19.7 Å². The molecule has 1 atom stereocenters. The third kappa shape index (κ3) is 5.34. The fourth-order valence-corrected chi connectivity index (χ4v) is 6.40. The Morgan fingerprint density at radius 3 is 2.48 bits per heavy atom. The van der Waals surface area contributed by atoms with Crippen molar-refractivity contribution in [2.75, 3.05) is 31.4 Å². The van der Waals surface area contributed by atoms with Crippen molar-refractivity contribution in [3.05, 3.63) is 53.6 Å². The molecule has 1 unspecified atom stereocenters. The van der Waals surface area contributed by atoms with Crippen molar-refractivity contribution in [2.45, 2.75) is 17.6 Å². The Morgan fingerprint density at radius 1 is 1.18 bits per heavy atom. The highest BCUT2D eigenvalue weighted by Gasteiger charge is 2.32. The molecule has 4 rings (SSSR count). The molecule has 2 aromatic carbocycles. The molecule has 0 spiro atoms. The normalized spacial score (nSPS) is 17.1. The van der Waals surface area contributed by atoms with E-state index in [-0.39, 0.29) is 29.2 Å². The van der Waals surface area contributed by atoms with Gasteiger partial charge in [0.1, 0.15) is 5.75 Å². The predicted octanol–water partition coefficient (Wildman–Crippen LogP) is 3.33. The molecule has 1 aromatic heterocycles. The number of rotatable bonds is 7. The second-order valence-corrected chi connectivity index (χ2v) is 11.3. The molecule has 1 amide bonds. The summed E-state index contributed by atoms with van der Waals surface area (Å²) < 4.78 is 30.7. The first-order valence-corrected chi connectivity index (χ1v) is 13.4. The van der Waals surface area contributed by atoms with Gasteiger partial charge < -0.3 is 9.64 Å². The zero-order valence-electron chi connectivity index (χ0n) is 18.1. The quantitative estimate of drug-likeness (QED) is 0.453. The number of halogens is 1. The summed E-state index contributed by atoms with van der Waals surface area (Å²) in [6.45, 7) is 0. The summed E-state index contributed by atoms with van der Waals surface area (Å²) in [5.41, 5.74) is 1.64. The number of ether oxygens (including phenoxy) is 1. The standard InChI is InChI=1S/C22H23ClN4O4S2/c1-26(18-11-12-33(29,30)14-18)20(28)13-32-22-25-24-21(15-3-5-16(23)6-4-15)27(22)17-7-9-19(31-2)10-8-17/h3-10,18H,11-14H2,1-2H3. The first kappa shape index (κ1) is 23.6. The van der Waals surface area contributed by atoms with Gasteiger partial charge in [0.25, 0.3) is 0 Å². The Bertz CT molecular complexity index is 1240. The molecule has 0 radical (unpaired) electrons. The Morgan fingerprint density at radius 2 is 1.88 bits per heavy atom. The van der Waals surface area contributed by atoms with Crippen LogP contribution in [0.3, 0.4) is 0 Å². The average molecular weight is 507 g/mol. The van der Waals surface area contributed by atoms with Crippen molar-refractivity contribution < 1.29 is 17.9 Å². The number of sulfone groups is 1. The summed E-state index contributed by atoms with van der Waals surface area (Å²) in [5, 5.41) is 9.86. The largest absolute Gasteiger partial charge is 0.497 e. The monoisotopic (exact) mass is 506 g/mol. The zero-order valence-corrected chi connectivity index (χ0v) is 20.5. The fourth-order valence-electron chi connectivity index (χ4n) is 3.63. The van der Waals surface area contributed by atoms with Crippen LogP contribution in [0.25, 0.3) is 17.1 Å². The van der Waals surface area contributed by atoms with Crippen LogP contribution < -0.4 is 4.74 Å². The van der Waals surface area contributed by atoms with Crippen LogP contribution in [0.15, 0.2) is 53.7 Å². The number of methoxy groups -OCH3 is 1. The third-order valence-electron chi connectivity index (χ3n) is 5.54. The lowest BCUT2D eigenvalue weighted by molar-refractivity contribution is -0.128. The van der Waals surface area contributed by atoms with Gasteiger partial charge in [-0.3, -0.25) is 9.36 Å². The third-order valence-corrected chi connectivity index (χ3v) is 8.46. The van der Waals surface area contributed by atoms with E-state index in [1.807, 2.05) is 41.0 Å². The molecule has 1 fully saturated rings. The van der Waals surface area contributed by atoms with E-state index < -0.39 is 9.84 Å². The maximum atomic E-state index is 12.8. The first-order chi connectivity index (χ1) is 15.8. The maximum absolute atomic E-state index is 12.8. The summed E-state index contributed by atoms with van der Waals surface area (Å²) in [4.78, 5) is 14.3. The van der Waals surface area contributed by atoms with E-state index in [2.05, 4.69) is 10.2 Å². The van der Waals surface area contributed by atoms with Gasteiger partial charge in [-0.2, -0.15) is 0 Å². The van der Waals surface area contributed by atoms with Gasteiger partial charge in [0.15, 0.2) is 20.8 Å². The number of thioether (sulfide) groups is 1. The Balaban J connectivity index is 1.59. The van der Waals surface area contributed by atoms with Crippen molar-refractivity contribution in [2.24, 2.45) is 0 Å². The van der Waals surface area contributed by atoms with Crippen LogP contribution in [0.4, 0.5) is 0 Å². The van der Waals surface area contributed by atoms with Gasteiger partial charge in [-0.25, -0.2) is 8.42 Å². The Kier molecular flexibility index (Phi) is 6.96. The van der Waals surface area contributed by atoms with Crippen molar-refractivity contribution in [3.8, 4) is 22.8 Å². The van der Waals surface area contributed by atoms with Crippen LogP contribution in [0.1, 0.15) is 6.42 Å². The number of carbonyl (C=O) groups excluding carboxylic acids is 1. The minimum atomic E-state index is -3.07. The zero-order chi connectivity index (χ0) is 23.6. The van der Waals surface area contributed by atoms with Crippen LogP contribution in [0, 0.1) is 0 Å². The minimum absolute atomic E-state index is 0.0165. The van der Waals surface area contributed by atoms with Gasteiger partial charge in [-0.1, -0.05) is 23.4 Å². The van der Waals surface area contributed by atoms with Gasteiger partial charge in [0.2, 0.25) is 5.91 Å². The van der Waals surface area contributed by atoms with Gasteiger partial charge in [0.05, 0.1) is 24.4 Å². The minimum Gasteiger partial charge on any atom is -0.497 e. The van der Waals surface area contributed by atoms with E-state index >= 15 is 0 Å². The van der Waals surface area contributed by atoms with E-state index in [4.69, 9.17) is 16.3 Å². The smallest absolute Gasteiger partial charge is 0.233 e. The summed E-state index contributed by atoms with van der Waals surface area (Å²) in [6.07, 6.45) is 0.470. The van der Waals surface area contributed by atoms with E-state index in [0.29, 0.717) is 22.4 Å². The lowest BCUT2D eigenvalue weighted by Crippen LogP contribution is -2.38. The lowest BCUT2D eigenvalue weighted by Gasteiger charge is -2.23.